The zero-order valence-electron chi connectivity index (χ0n) is 9.69. The summed E-state index contributed by atoms with van der Waals surface area (Å²) >= 11 is 5.88. The summed E-state index contributed by atoms with van der Waals surface area (Å²) in [6.45, 7) is 3.07. The number of nitrogens with two attached hydrogens (primary N) is 1. The van der Waals surface area contributed by atoms with E-state index in [-0.39, 0.29) is 16.8 Å². The molecule has 0 aliphatic heterocycles. The van der Waals surface area contributed by atoms with Crippen LogP contribution in [0.2, 0.25) is 5.02 Å². The van der Waals surface area contributed by atoms with Crippen LogP contribution in [-0.2, 0) is 6.18 Å². The monoisotopic (exact) mass is 274 g/mol. The van der Waals surface area contributed by atoms with Gasteiger partial charge in [0.15, 0.2) is 0 Å². The molecule has 0 amide bonds. The maximum Gasteiger partial charge on any atom is 0.433 e. The van der Waals surface area contributed by atoms with E-state index in [1.54, 1.807) is 13.0 Å². The van der Waals surface area contributed by atoms with Crippen LogP contribution in [0.25, 0.3) is 10.9 Å². The van der Waals surface area contributed by atoms with Crippen molar-refractivity contribution >= 4 is 28.2 Å². The van der Waals surface area contributed by atoms with E-state index >= 15 is 0 Å². The fourth-order valence-electron chi connectivity index (χ4n) is 1.79. The van der Waals surface area contributed by atoms with Gasteiger partial charge in [-0.3, -0.25) is 0 Å². The average Bonchev–Trinajstić information content (AvgIpc) is 2.25. The third kappa shape index (κ3) is 1.99. The summed E-state index contributed by atoms with van der Waals surface area (Å²) in [4.78, 5) is 3.62. The number of halogens is 4. The Bertz CT molecular complexity index is 635. The molecule has 2 aromatic rings. The van der Waals surface area contributed by atoms with Crippen molar-refractivity contribution in [1.82, 2.24) is 4.98 Å². The van der Waals surface area contributed by atoms with Crippen LogP contribution in [0, 0.1) is 13.8 Å². The highest BCUT2D eigenvalue weighted by molar-refractivity contribution is 6.32. The van der Waals surface area contributed by atoms with E-state index in [9.17, 15) is 13.2 Å². The number of aryl methyl sites for hydroxylation is 1. The van der Waals surface area contributed by atoms with Crippen LogP contribution in [0.3, 0.4) is 0 Å². The molecule has 0 unspecified atom stereocenters. The molecule has 0 atom stereocenters. The standard InChI is InChI=1S/C12H10ClF3N2/c1-5-3-7-9(4-8(5)13)18-11(12(14,15)16)6(2)10(7)17/h3-4H,1-2H3,(H2,17,18). The first-order valence-electron chi connectivity index (χ1n) is 5.15. The molecule has 0 fully saturated rings. The van der Waals surface area contributed by atoms with Gasteiger partial charge in [-0.15, -0.1) is 0 Å². The molecule has 0 bridgehead atoms. The average molecular weight is 275 g/mol. The molecule has 2 N–H and O–H groups in total. The molecule has 1 heterocycles. The van der Waals surface area contributed by atoms with E-state index in [4.69, 9.17) is 17.3 Å². The number of hydrogen-bond donors (Lipinski definition) is 1. The van der Waals surface area contributed by atoms with Gasteiger partial charge in [-0.1, -0.05) is 11.6 Å². The zero-order valence-corrected chi connectivity index (χ0v) is 10.4. The van der Waals surface area contributed by atoms with Gasteiger partial charge in [0.2, 0.25) is 0 Å². The molecule has 1 aromatic carbocycles. The Hall–Kier alpha value is -1.49. The Kier molecular flexibility index (Phi) is 2.89. The van der Waals surface area contributed by atoms with Crippen LogP contribution in [-0.4, -0.2) is 4.98 Å². The minimum atomic E-state index is -4.52. The smallest absolute Gasteiger partial charge is 0.398 e. The van der Waals surface area contributed by atoms with Crippen LogP contribution in [0.5, 0.6) is 0 Å². The Labute approximate surface area is 107 Å². The van der Waals surface area contributed by atoms with Gasteiger partial charge in [0.1, 0.15) is 5.69 Å². The molecule has 0 saturated carbocycles. The van der Waals surface area contributed by atoms with Crippen LogP contribution < -0.4 is 5.73 Å². The first kappa shape index (κ1) is 13.0. The van der Waals surface area contributed by atoms with Gasteiger partial charge in [0, 0.05) is 21.7 Å². The van der Waals surface area contributed by atoms with E-state index in [2.05, 4.69) is 4.98 Å². The summed E-state index contributed by atoms with van der Waals surface area (Å²) in [5.74, 6) is 0. The van der Waals surface area contributed by atoms with Gasteiger partial charge in [-0.25, -0.2) is 4.98 Å². The maximum absolute atomic E-state index is 12.8. The van der Waals surface area contributed by atoms with Gasteiger partial charge in [-0.05, 0) is 31.5 Å². The van der Waals surface area contributed by atoms with E-state index in [1.165, 1.54) is 13.0 Å². The quantitative estimate of drug-likeness (QED) is 0.785. The zero-order chi connectivity index (χ0) is 13.7. The van der Waals surface area contributed by atoms with Gasteiger partial charge >= 0.3 is 6.18 Å². The van der Waals surface area contributed by atoms with Crippen molar-refractivity contribution in [1.29, 1.82) is 0 Å². The van der Waals surface area contributed by atoms with Crippen LogP contribution >= 0.6 is 11.6 Å². The molecule has 6 heteroatoms. The van der Waals surface area contributed by atoms with Gasteiger partial charge in [0.25, 0.3) is 0 Å². The van der Waals surface area contributed by atoms with E-state index in [0.29, 0.717) is 10.4 Å². The van der Waals surface area contributed by atoms with Gasteiger partial charge < -0.3 is 5.73 Å². The molecule has 0 radical (unpaired) electrons. The SMILES string of the molecule is Cc1cc2c(N)c(C)c(C(F)(F)F)nc2cc1Cl. The Balaban J connectivity index is 2.88. The summed E-state index contributed by atoms with van der Waals surface area (Å²) in [6.07, 6.45) is -4.52. The predicted octanol–water partition coefficient (Wildman–Crippen LogP) is 4.11. The predicted molar refractivity (Wildman–Crippen MR) is 65.6 cm³/mol. The lowest BCUT2D eigenvalue weighted by Crippen LogP contribution is -2.12. The van der Waals surface area contributed by atoms with Crippen molar-refractivity contribution in [2.45, 2.75) is 20.0 Å². The third-order valence-corrected chi connectivity index (χ3v) is 3.23. The fraction of sp³-hybridized carbons (Fsp3) is 0.250. The van der Waals surface area contributed by atoms with E-state index in [0.717, 1.165) is 5.56 Å². The van der Waals surface area contributed by atoms with Crippen molar-refractivity contribution in [2.75, 3.05) is 5.73 Å². The fourth-order valence-corrected chi connectivity index (χ4v) is 1.95. The lowest BCUT2D eigenvalue weighted by atomic mass is 10.0. The van der Waals surface area contributed by atoms with E-state index < -0.39 is 11.9 Å². The first-order chi connectivity index (χ1) is 8.21. The largest absolute Gasteiger partial charge is 0.433 e. The van der Waals surface area contributed by atoms with Crippen molar-refractivity contribution < 1.29 is 13.2 Å². The maximum atomic E-state index is 12.8. The molecular formula is C12H10ClF3N2. The number of benzene rings is 1. The summed E-state index contributed by atoms with van der Waals surface area (Å²) < 4.78 is 38.4. The van der Waals surface area contributed by atoms with Crippen molar-refractivity contribution in [2.24, 2.45) is 0 Å². The number of anilines is 1. The highest BCUT2D eigenvalue weighted by atomic mass is 35.5. The summed E-state index contributed by atoms with van der Waals surface area (Å²) in [7, 11) is 0. The highest BCUT2D eigenvalue weighted by Crippen LogP contribution is 2.36. The second-order valence-electron chi connectivity index (χ2n) is 4.12. The Morgan fingerprint density at radius 2 is 1.83 bits per heavy atom. The number of pyridine rings is 1. The number of nitrogens with zero attached hydrogens (tertiary/aromatic N) is 1. The minimum absolute atomic E-state index is 0.0586. The lowest BCUT2D eigenvalue weighted by molar-refractivity contribution is -0.141. The Morgan fingerprint density at radius 3 is 2.39 bits per heavy atom. The molecule has 1 aromatic heterocycles. The van der Waals surface area contributed by atoms with Gasteiger partial charge in [-0.2, -0.15) is 13.2 Å². The molecule has 18 heavy (non-hydrogen) atoms. The highest BCUT2D eigenvalue weighted by Gasteiger charge is 2.35. The molecule has 0 saturated heterocycles. The molecule has 0 spiro atoms. The number of fused-ring (bicyclic) bond motifs is 1. The van der Waals surface area contributed by atoms with Crippen LogP contribution in [0.4, 0.5) is 18.9 Å². The Morgan fingerprint density at radius 1 is 1.22 bits per heavy atom. The van der Waals surface area contributed by atoms with Gasteiger partial charge in [0.05, 0.1) is 5.52 Å². The third-order valence-electron chi connectivity index (χ3n) is 2.83. The van der Waals surface area contributed by atoms with Crippen molar-refractivity contribution in [3.05, 3.63) is 34.0 Å². The second-order valence-corrected chi connectivity index (χ2v) is 4.52. The number of aromatic nitrogens is 1. The molecule has 96 valence electrons. The minimum Gasteiger partial charge on any atom is -0.398 e. The van der Waals surface area contributed by atoms with Crippen molar-refractivity contribution in [3.63, 3.8) is 0 Å². The first-order valence-corrected chi connectivity index (χ1v) is 5.52. The van der Waals surface area contributed by atoms with E-state index in [1.807, 2.05) is 0 Å². The van der Waals surface area contributed by atoms with Crippen LogP contribution in [0.1, 0.15) is 16.8 Å². The topological polar surface area (TPSA) is 38.9 Å². The lowest BCUT2D eigenvalue weighted by Gasteiger charge is -2.14. The summed E-state index contributed by atoms with van der Waals surface area (Å²) in [6, 6.07) is 3.05. The molecular weight excluding hydrogens is 265 g/mol. The molecule has 2 rings (SSSR count). The normalized spacial score (nSPS) is 12.1. The number of rotatable bonds is 0. The molecule has 0 aliphatic carbocycles. The second kappa shape index (κ2) is 4.02. The summed E-state index contributed by atoms with van der Waals surface area (Å²) in [5.41, 5.74) is 5.72. The number of alkyl halides is 3. The van der Waals surface area contributed by atoms with Crippen molar-refractivity contribution in [3.8, 4) is 0 Å². The summed E-state index contributed by atoms with van der Waals surface area (Å²) in [5, 5.41) is 0.855. The molecule has 2 nitrogen and oxygen atoms in total. The molecule has 0 aliphatic rings. The van der Waals surface area contributed by atoms with Crippen LogP contribution in [0.15, 0.2) is 12.1 Å². The number of hydrogen-bond acceptors (Lipinski definition) is 2. The number of nitrogen functional groups attached to an aromatic ring is 1.